The van der Waals surface area contributed by atoms with Crippen LogP contribution in [0.4, 0.5) is 0 Å². The monoisotopic (exact) mass is 490 g/mol. The van der Waals surface area contributed by atoms with Crippen LogP contribution in [0.5, 0.6) is 0 Å². The maximum Gasteiger partial charge on any atom is 0.345 e. The van der Waals surface area contributed by atoms with Crippen LogP contribution in [0.3, 0.4) is 0 Å². The van der Waals surface area contributed by atoms with E-state index in [1.807, 2.05) is 4.57 Å². The molecule has 0 fully saturated rings. The minimum Gasteiger partial charge on any atom is -0.356 e. The van der Waals surface area contributed by atoms with Gasteiger partial charge in [-0.05, 0) is 37.1 Å². The van der Waals surface area contributed by atoms with Gasteiger partial charge >= 0.3 is 5.69 Å². The van der Waals surface area contributed by atoms with Crippen LogP contribution >= 0.6 is 35.3 Å². The Hall–Kier alpha value is -1.36. The van der Waals surface area contributed by atoms with Crippen molar-refractivity contribution in [2.24, 2.45) is 4.99 Å². The molecule has 1 aliphatic heterocycles. The van der Waals surface area contributed by atoms with Crippen molar-refractivity contribution in [2.75, 3.05) is 20.1 Å². The quantitative estimate of drug-likeness (QED) is 0.269. The van der Waals surface area contributed by atoms with Crippen molar-refractivity contribution in [2.45, 2.75) is 45.2 Å². The minimum absolute atomic E-state index is 0. The number of hydrogen-bond acceptors (Lipinski definition) is 4. The van der Waals surface area contributed by atoms with Crippen LogP contribution in [0.25, 0.3) is 0 Å². The first-order valence-corrected chi connectivity index (χ1v) is 9.79. The molecule has 0 amide bonds. The lowest BCUT2D eigenvalue weighted by molar-refractivity contribution is 0.509. The molecule has 0 saturated carbocycles. The maximum absolute atomic E-state index is 12.3. The van der Waals surface area contributed by atoms with Crippen molar-refractivity contribution in [1.82, 2.24) is 25.0 Å². The van der Waals surface area contributed by atoms with E-state index < -0.39 is 0 Å². The molecule has 0 saturated heterocycles. The van der Waals surface area contributed by atoms with Gasteiger partial charge in [0.15, 0.2) is 5.96 Å². The Morgan fingerprint density at radius 2 is 2.19 bits per heavy atom. The van der Waals surface area contributed by atoms with Crippen molar-refractivity contribution in [3.05, 3.63) is 38.7 Å². The van der Waals surface area contributed by atoms with E-state index >= 15 is 0 Å². The predicted molar refractivity (Wildman–Crippen MR) is 117 cm³/mol. The van der Waals surface area contributed by atoms with E-state index in [4.69, 9.17) is 0 Å². The molecule has 3 rings (SSSR count). The van der Waals surface area contributed by atoms with Crippen molar-refractivity contribution in [1.29, 1.82) is 0 Å². The molecule has 9 heteroatoms. The van der Waals surface area contributed by atoms with Crippen LogP contribution in [0, 0.1) is 0 Å². The summed E-state index contributed by atoms with van der Waals surface area (Å²) < 4.78 is 3.43. The fourth-order valence-corrected chi connectivity index (χ4v) is 3.72. The molecule has 26 heavy (non-hydrogen) atoms. The minimum atomic E-state index is 0. The maximum atomic E-state index is 12.3. The fourth-order valence-electron chi connectivity index (χ4n) is 3.01. The van der Waals surface area contributed by atoms with E-state index in [-0.39, 0.29) is 29.7 Å². The zero-order valence-corrected chi connectivity index (χ0v) is 18.3. The average molecular weight is 490 g/mol. The topological polar surface area (TPSA) is 76.2 Å². The summed E-state index contributed by atoms with van der Waals surface area (Å²) in [7, 11) is 1.77. The first kappa shape index (κ1) is 20.9. The number of fused-ring (bicyclic) bond motifs is 1. The molecule has 0 radical (unpaired) electrons. The van der Waals surface area contributed by atoms with Crippen LogP contribution < -0.4 is 16.3 Å². The van der Waals surface area contributed by atoms with Gasteiger partial charge in [0.1, 0.15) is 5.82 Å². The summed E-state index contributed by atoms with van der Waals surface area (Å²) in [6.07, 6.45) is 4.95. The van der Waals surface area contributed by atoms with Crippen LogP contribution in [0.2, 0.25) is 0 Å². The summed E-state index contributed by atoms with van der Waals surface area (Å²) in [5, 5.41) is 13.2. The molecule has 1 aliphatic rings. The van der Waals surface area contributed by atoms with Crippen molar-refractivity contribution >= 4 is 41.3 Å². The Morgan fingerprint density at radius 1 is 1.35 bits per heavy atom. The summed E-state index contributed by atoms with van der Waals surface area (Å²) >= 11 is 1.77. The molecule has 2 N–H and O–H groups in total. The van der Waals surface area contributed by atoms with E-state index in [2.05, 4.69) is 38.2 Å². The fraction of sp³-hybridized carbons (Fsp3) is 0.588. The Labute approximate surface area is 174 Å². The van der Waals surface area contributed by atoms with Gasteiger partial charge in [0.25, 0.3) is 0 Å². The van der Waals surface area contributed by atoms with E-state index in [1.165, 1.54) is 4.88 Å². The third kappa shape index (κ3) is 5.57. The molecule has 0 bridgehead atoms. The highest BCUT2D eigenvalue weighted by Gasteiger charge is 2.16. The number of guanidine groups is 1. The molecule has 0 atom stereocenters. The Balaban J connectivity index is 0.00000243. The average Bonchev–Trinajstić information content (AvgIpc) is 3.26. The highest BCUT2D eigenvalue weighted by atomic mass is 127. The summed E-state index contributed by atoms with van der Waals surface area (Å²) in [5.41, 5.74) is 0.0353. The van der Waals surface area contributed by atoms with E-state index in [0.29, 0.717) is 6.54 Å². The first-order chi connectivity index (χ1) is 12.3. The number of aliphatic imine (C=N–C) groups is 1. The molecule has 0 aromatic carbocycles. The van der Waals surface area contributed by atoms with Crippen LogP contribution in [-0.2, 0) is 25.9 Å². The molecule has 0 spiro atoms. The second kappa shape index (κ2) is 10.7. The molecule has 3 heterocycles. The Bertz CT molecular complexity index is 752. The normalized spacial score (nSPS) is 13.8. The summed E-state index contributed by atoms with van der Waals surface area (Å²) in [6, 6.07) is 4.22. The van der Waals surface area contributed by atoms with E-state index in [1.54, 1.807) is 23.1 Å². The third-order valence-corrected chi connectivity index (χ3v) is 5.27. The van der Waals surface area contributed by atoms with Gasteiger partial charge in [-0.25, -0.2) is 9.48 Å². The van der Waals surface area contributed by atoms with Gasteiger partial charge in [0.05, 0.1) is 0 Å². The molecule has 0 aliphatic carbocycles. The zero-order valence-electron chi connectivity index (χ0n) is 15.1. The molecule has 144 valence electrons. The standard InChI is InChI=1S/C17H26N6OS.HI/c1-18-16(20-10-8-14-6-4-13-25-14)19-9-5-12-23-17(24)22-11-3-2-7-15(22)21-23;/h4,6,13H,2-3,5,7-12H2,1H3,(H2,18,19,20);1H. The lowest BCUT2D eigenvalue weighted by Gasteiger charge is -2.11. The first-order valence-electron chi connectivity index (χ1n) is 8.91. The summed E-state index contributed by atoms with van der Waals surface area (Å²) in [4.78, 5) is 17.9. The zero-order chi connectivity index (χ0) is 17.5. The number of thiophene rings is 1. The number of aryl methyl sites for hydroxylation is 2. The SMILES string of the molecule is CN=C(NCCCn1nc2n(c1=O)CCCC2)NCCc1cccs1.I. The number of halogens is 1. The van der Waals surface area contributed by atoms with Gasteiger partial charge in [-0.1, -0.05) is 6.07 Å². The number of nitrogens with one attached hydrogen (secondary N) is 2. The largest absolute Gasteiger partial charge is 0.356 e. The van der Waals surface area contributed by atoms with Gasteiger partial charge in [-0.3, -0.25) is 9.56 Å². The number of nitrogens with zero attached hydrogens (tertiary/aromatic N) is 4. The van der Waals surface area contributed by atoms with Crippen molar-refractivity contribution in [3.8, 4) is 0 Å². The number of hydrogen-bond donors (Lipinski definition) is 2. The van der Waals surface area contributed by atoms with Gasteiger partial charge in [0.2, 0.25) is 0 Å². The highest BCUT2D eigenvalue weighted by Crippen LogP contribution is 2.09. The van der Waals surface area contributed by atoms with Crippen LogP contribution in [-0.4, -0.2) is 40.4 Å². The molecule has 7 nitrogen and oxygen atoms in total. The third-order valence-electron chi connectivity index (χ3n) is 4.34. The van der Waals surface area contributed by atoms with Crippen molar-refractivity contribution in [3.63, 3.8) is 0 Å². The molecular formula is C17H27IN6OS. The second-order valence-electron chi connectivity index (χ2n) is 6.14. The summed E-state index contributed by atoms with van der Waals surface area (Å²) in [5.74, 6) is 1.74. The molecule has 2 aromatic rings. The lowest BCUT2D eigenvalue weighted by Crippen LogP contribution is -2.39. The Kier molecular flexibility index (Phi) is 8.63. The number of rotatable bonds is 7. The van der Waals surface area contributed by atoms with Gasteiger partial charge < -0.3 is 10.6 Å². The van der Waals surface area contributed by atoms with E-state index in [0.717, 1.165) is 63.5 Å². The van der Waals surface area contributed by atoms with Crippen LogP contribution in [0.15, 0.2) is 27.3 Å². The molecule has 2 aromatic heterocycles. The lowest BCUT2D eigenvalue weighted by atomic mass is 10.2. The highest BCUT2D eigenvalue weighted by molar-refractivity contribution is 14.0. The van der Waals surface area contributed by atoms with Gasteiger partial charge in [-0.2, -0.15) is 5.10 Å². The number of aromatic nitrogens is 3. The van der Waals surface area contributed by atoms with Crippen LogP contribution in [0.1, 0.15) is 30.0 Å². The molecular weight excluding hydrogens is 463 g/mol. The summed E-state index contributed by atoms with van der Waals surface area (Å²) in [6.45, 7) is 3.06. The van der Waals surface area contributed by atoms with E-state index in [9.17, 15) is 4.79 Å². The van der Waals surface area contributed by atoms with Gasteiger partial charge in [-0.15, -0.1) is 35.3 Å². The Morgan fingerprint density at radius 3 is 2.92 bits per heavy atom. The van der Waals surface area contributed by atoms with Gasteiger partial charge in [0, 0.05) is 44.5 Å². The molecule has 0 unspecified atom stereocenters. The predicted octanol–water partition coefficient (Wildman–Crippen LogP) is 1.86. The smallest absolute Gasteiger partial charge is 0.345 e. The second-order valence-corrected chi connectivity index (χ2v) is 7.17. The van der Waals surface area contributed by atoms with Crippen molar-refractivity contribution < 1.29 is 0 Å².